The van der Waals surface area contributed by atoms with E-state index in [4.69, 9.17) is 4.74 Å². The first-order valence-corrected chi connectivity index (χ1v) is 9.22. The minimum absolute atomic E-state index is 0.0940. The molecule has 0 aromatic heterocycles. The highest BCUT2D eigenvalue weighted by atomic mass is 16.5. The SMILES string of the molecule is CCCCCCCOc1ccc(C(=O)Nc2c(C)cccc2C)cc1. The van der Waals surface area contributed by atoms with Crippen LogP contribution in [0.2, 0.25) is 0 Å². The van der Waals surface area contributed by atoms with E-state index in [-0.39, 0.29) is 5.91 Å². The number of carbonyl (C=O) groups excluding carboxylic acids is 1. The summed E-state index contributed by atoms with van der Waals surface area (Å²) in [7, 11) is 0. The standard InChI is InChI=1S/C22H29NO2/c1-4-5-6-7-8-16-25-20-14-12-19(13-15-20)22(24)23-21-17(2)10-9-11-18(21)3/h9-15H,4-8,16H2,1-3H3,(H,23,24). The number of nitrogens with one attached hydrogen (secondary N) is 1. The second-order valence-corrected chi connectivity index (χ2v) is 6.51. The van der Waals surface area contributed by atoms with Crippen LogP contribution in [-0.2, 0) is 0 Å². The molecule has 0 fully saturated rings. The quantitative estimate of drug-likeness (QED) is 0.577. The van der Waals surface area contributed by atoms with E-state index in [0.717, 1.165) is 35.6 Å². The number of aryl methyl sites for hydroxylation is 2. The summed E-state index contributed by atoms with van der Waals surface area (Å²) in [6.07, 6.45) is 6.12. The van der Waals surface area contributed by atoms with Crippen LogP contribution < -0.4 is 10.1 Å². The predicted molar refractivity (Wildman–Crippen MR) is 105 cm³/mol. The van der Waals surface area contributed by atoms with Crippen LogP contribution in [0.25, 0.3) is 0 Å². The van der Waals surface area contributed by atoms with Crippen LogP contribution in [0.5, 0.6) is 5.75 Å². The van der Waals surface area contributed by atoms with Gasteiger partial charge in [0.1, 0.15) is 5.75 Å². The van der Waals surface area contributed by atoms with Crippen LogP contribution in [0, 0.1) is 13.8 Å². The van der Waals surface area contributed by atoms with E-state index in [9.17, 15) is 4.79 Å². The summed E-state index contributed by atoms with van der Waals surface area (Å²) in [6, 6.07) is 13.4. The molecule has 2 aromatic rings. The third kappa shape index (κ3) is 5.93. The lowest BCUT2D eigenvalue weighted by atomic mass is 10.1. The minimum Gasteiger partial charge on any atom is -0.494 e. The molecular formula is C22H29NO2. The number of amides is 1. The molecule has 1 N–H and O–H groups in total. The van der Waals surface area contributed by atoms with Gasteiger partial charge in [0.25, 0.3) is 5.91 Å². The first-order valence-electron chi connectivity index (χ1n) is 9.22. The lowest BCUT2D eigenvalue weighted by Crippen LogP contribution is -2.13. The summed E-state index contributed by atoms with van der Waals surface area (Å²) in [5.41, 5.74) is 3.66. The van der Waals surface area contributed by atoms with Crippen molar-refractivity contribution < 1.29 is 9.53 Å². The maximum atomic E-state index is 12.4. The van der Waals surface area contributed by atoms with Gasteiger partial charge in [0.15, 0.2) is 0 Å². The molecule has 0 radical (unpaired) electrons. The van der Waals surface area contributed by atoms with Crippen LogP contribution >= 0.6 is 0 Å². The summed E-state index contributed by atoms with van der Waals surface area (Å²) in [5, 5.41) is 3.01. The zero-order chi connectivity index (χ0) is 18.1. The van der Waals surface area contributed by atoms with E-state index < -0.39 is 0 Å². The van der Waals surface area contributed by atoms with Gasteiger partial charge in [-0.15, -0.1) is 0 Å². The maximum Gasteiger partial charge on any atom is 0.255 e. The molecule has 3 heteroatoms. The molecule has 25 heavy (non-hydrogen) atoms. The first-order chi connectivity index (χ1) is 12.1. The van der Waals surface area contributed by atoms with Gasteiger partial charge in [0.2, 0.25) is 0 Å². The van der Waals surface area contributed by atoms with Gasteiger partial charge in [-0.1, -0.05) is 50.8 Å². The van der Waals surface area contributed by atoms with Gasteiger partial charge in [-0.05, 0) is 55.7 Å². The number of hydrogen-bond donors (Lipinski definition) is 1. The molecule has 0 bridgehead atoms. The number of benzene rings is 2. The molecule has 1 amide bonds. The molecule has 134 valence electrons. The van der Waals surface area contributed by atoms with Gasteiger partial charge < -0.3 is 10.1 Å². The Morgan fingerprint density at radius 1 is 0.920 bits per heavy atom. The van der Waals surface area contributed by atoms with Crippen molar-refractivity contribution in [3.63, 3.8) is 0 Å². The summed E-state index contributed by atoms with van der Waals surface area (Å²) in [6.45, 7) is 6.95. The lowest BCUT2D eigenvalue weighted by molar-refractivity contribution is 0.102. The Balaban J connectivity index is 1.86. The van der Waals surface area contributed by atoms with E-state index in [1.165, 1.54) is 25.7 Å². The van der Waals surface area contributed by atoms with E-state index in [1.807, 2.05) is 56.3 Å². The van der Waals surface area contributed by atoms with Gasteiger partial charge in [-0.3, -0.25) is 4.79 Å². The first kappa shape index (κ1) is 19.0. The van der Waals surface area contributed by atoms with Gasteiger partial charge in [-0.25, -0.2) is 0 Å². The molecule has 0 heterocycles. The molecule has 0 unspecified atom stereocenters. The molecule has 0 saturated heterocycles. The molecule has 0 aliphatic carbocycles. The Kier molecular flexibility index (Phi) is 7.52. The molecule has 0 aliphatic rings. The maximum absolute atomic E-state index is 12.4. The molecular weight excluding hydrogens is 310 g/mol. The molecule has 0 aliphatic heterocycles. The van der Waals surface area contributed by atoms with E-state index in [1.54, 1.807) is 0 Å². The van der Waals surface area contributed by atoms with Crippen molar-refractivity contribution in [2.24, 2.45) is 0 Å². The number of para-hydroxylation sites is 1. The highest BCUT2D eigenvalue weighted by Gasteiger charge is 2.09. The summed E-state index contributed by atoms with van der Waals surface area (Å²) < 4.78 is 5.75. The van der Waals surface area contributed by atoms with Crippen molar-refractivity contribution in [3.05, 3.63) is 59.2 Å². The molecule has 2 aromatic carbocycles. The Morgan fingerprint density at radius 3 is 2.20 bits per heavy atom. The summed E-state index contributed by atoms with van der Waals surface area (Å²) in [5.74, 6) is 0.725. The fourth-order valence-electron chi connectivity index (χ4n) is 2.80. The van der Waals surface area contributed by atoms with E-state index in [0.29, 0.717) is 5.56 Å². The van der Waals surface area contributed by atoms with Crippen molar-refractivity contribution in [1.82, 2.24) is 0 Å². The normalized spacial score (nSPS) is 10.5. The van der Waals surface area contributed by atoms with Gasteiger partial charge in [0.05, 0.1) is 6.61 Å². The highest BCUT2D eigenvalue weighted by molar-refractivity contribution is 6.05. The van der Waals surface area contributed by atoms with Crippen molar-refractivity contribution in [2.45, 2.75) is 52.9 Å². The lowest BCUT2D eigenvalue weighted by Gasteiger charge is -2.12. The number of anilines is 1. The molecule has 2 rings (SSSR count). The third-order valence-corrected chi connectivity index (χ3v) is 4.35. The summed E-state index contributed by atoms with van der Waals surface area (Å²) in [4.78, 5) is 12.4. The van der Waals surface area contributed by atoms with Crippen molar-refractivity contribution in [2.75, 3.05) is 11.9 Å². The number of carbonyl (C=O) groups is 1. The number of hydrogen-bond acceptors (Lipinski definition) is 2. The van der Waals surface area contributed by atoms with E-state index in [2.05, 4.69) is 12.2 Å². The van der Waals surface area contributed by atoms with Gasteiger partial charge >= 0.3 is 0 Å². The van der Waals surface area contributed by atoms with Crippen molar-refractivity contribution in [3.8, 4) is 5.75 Å². The average Bonchev–Trinajstić information content (AvgIpc) is 2.61. The fraction of sp³-hybridized carbons (Fsp3) is 0.409. The largest absolute Gasteiger partial charge is 0.494 e. The van der Waals surface area contributed by atoms with Crippen LogP contribution in [0.4, 0.5) is 5.69 Å². The van der Waals surface area contributed by atoms with Gasteiger partial charge in [-0.2, -0.15) is 0 Å². The monoisotopic (exact) mass is 339 g/mol. The number of rotatable bonds is 9. The Bertz CT molecular complexity index is 657. The third-order valence-electron chi connectivity index (χ3n) is 4.35. The van der Waals surface area contributed by atoms with Crippen molar-refractivity contribution in [1.29, 1.82) is 0 Å². The van der Waals surface area contributed by atoms with Crippen LogP contribution in [0.15, 0.2) is 42.5 Å². The molecule has 0 spiro atoms. The Labute approximate surface area is 151 Å². The van der Waals surface area contributed by atoms with Crippen LogP contribution in [0.1, 0.15) is 60.5 Å². The topological polar surface area (TPSA) is 38.3 Å². The zero-order valence-electron chi connectivity index (χ0n) is 15.6. The molecule has 3 nitrogen and oxygen atoms in total. The van der Waals surface area contributed by atoms with Crippen LogP contribution in [0.3, 0.4) is 0 Å². The minimum atomic E-state index is -0.0940. The van der Waals surface area contributed by atoms with Crippen molar-refractivity contribution >= 4 is 11.6 Å². The van der Waals surface area contributed by atoms with Gasteiger partial charge in [0, 0.05) is 11.3 Å². The zero-order valence-corrected chi connectivity index (χ0v) is 15.6. The van der Waals surface area contributed by atoms with Crippen LogP contribution in [-0.4, -0.2) is 12.5 Å². The van der Waals surface area contributed by atoms with E-state index >= 15 is 0 Å². The number of unbranched alkanes of at least 4 members (excludes halogenated alkanes) is 4. The molecule has 0 atom stereocenters. The average molecular weight is 339 g/mol. The summed E-state index contributed by atoms with van der Waals surface area (Å²) >= 11 is 0. The molecule has 0 saturated carbocycles. The Morgan fingerprint density at radius 2 is 1.56 bits per heavy atom. The Hall–Kier alpha value is -2.29. The smallest absolute Gasteiger partial charge is 0.255 e. The number of ether oxygens (including phenoxy) is 1. The second kappa shape index (κ2) is 9.87. The highest BCUT2D eigenvalue weighted by Crippen LogP contribution is 2.21. The fourth-order valence-corrected chi connectivity index (χ4v) is 2.80. The predicted octanol–water partition coefficient (Wildman–Crippen LogP) is 5.90. The second-order valence-electron chi connectivity index (χ2n) is 6.51.